The molecule has 5 heteroatoms. The highest BCUT2D eigenvalue weighted by molar-refractivity contribution is 8.07. The third-order valence-electron chi connectivity index (χ3n) is 3.12. The van der Waals surface area contributed by atoms with E-state index in [4.69, 9.17) is 5.73 Å². The molecule has 1 aromatic carbocycles. The van der Waals surface area contributed by atoms with E-state index in [2.05, 4.69) is 6.92 Å². The molecule has 0 radical (unpaired) electrons. The maximum Gasteiger partial charge on any atom is 0.126 e. The molecule has 0 aliphatic carbocycles. The summed E-state index contributed by atoms with van der Waals surface area (Å²) in [7, 11) is 0. The van der Waals surface area contributed by atoms with E-state index in [0.29, 0.717) is 10.8 Å². The van der Waals surface area contributed by atoms with Gasteiger partial charge in [-0.15, -0.1) is 0 Å². The Morgan fingerprint density at radius 3 is 2.44 bits per heavy atom. The molecule has 1 heterocycles. The molecule has 3 atom stereocenters. The van der Waals surface area contributed by atoms with E-state index in [-0.39, 0.29) is 11.3 Å². The van der Waals surface area contributed by atoms with Crippen molar-refractivity contribution >= 4 is 23.5 Å². The van der Waals surface area contributed by atoms with Crippen LogP contribution in [0, 0.1) is 11.6 Å². The third kappa shape index (κ3) is 3.19. The summed E-state index contributed by atoms with van der Waals surface area (Å²) in [6.07, 6.45) is 1.04. The fourth-order valence-electron chi connectivity index (χ4n) is 2.23. The molecule has 3 unspecified atom stereocenters. The van der Waals surface area contributed by atoms with Crippen molar-refractivity contribution in [1.82, 2.24) is 0 Å². The first kappa shape index (κ1) is 14.2. The highest BCUT2D eigenvalue weighted by atomic mass is 32.2. The Kier molecular flexibility index (Phi) is 4.92. The Bertz CT molecular complexity index is 394. The van der Waals surface area contributed by atoms with E-state index in [0.717, 1.165) is 24.0 Å². The van der Waals surface area contributed by atoms with Gasteiger partial charge < -0.3 is 5.73 Å². The summed E-state index contributed by atoms with van der Waals surface area (Å²) in [5.41, 5.74) is 6.77. The summed E-state index contributed by atoms with van der Waals surface area (Å²) < 4.78 is 26.5. The van der Waals surface area contributed by atoms with Gasteiger partial charge in [-0.05, 0) is 24.1 Å². The van der Waals surface area contributed by atoms with Crippen molar-refractivity contribution in [2.24, 2.45) is 5.73 Å². The van der Waals surface area contributed by atoms with Gasteiger partial charge in [0.2, 0.25) is 0 Å². The van der Waals surface area contributed by atoms with Crippen LogP contribution in [0.1, 0.15) is 24.9 Å². The summed E-state index contributed by atoms with van der Waals surface area (Å²) in [5, 5.41) is 0.694. The lowest BCUT2D eigenvalue weighted by Crippen LogP contribution is -2.35. The Balaban J connectivity index is 2.20. The van der Waals surface area contributed by atoms with Crippen LogP contribution >= 0.6 is 23.5 Å². The summed E-state index contributed by atoms with van der Waals surface area (Å²) in [4.78, 5) is 0. The van der Waals surface area contributed by atoms with Crippen molar-refractivity contribution in [3.8, 4) is 0 Å². The van der Waals surface area contributed by atoms with Crippen LogP contribution in [-0.2, 0) is 0 Å². The average Bonchev–Trinajstić information content (AvgIpc) is 2.36. The molecule has 1 aromatic rings. The predicted molar refractivity (Wildman–Crippen MR) is 76.1 cm³/mol. The molecule has 1 saturated heterocycles. The average molecular weight is 289 g/mol. The zero-order valence-corrected chi connectivity index (χ0v) is 11.9. The molecular formula is C13H17F2NS2. The predicted octanol–water partition coefficient (Wildman–Crippen LogP) is 3.59. The number of rotatable bonds is 3. The van der Waals surface area contributed by atoms with Crippen LogP contribution < -0.4 is 5.73 Å². The van der Waals surface area contributed by atoms with Crippen molar-refractivity contribution in [3.63, 3.8) is 0 Å². The Morgan fingerprint density at radius 2 is 1.83 bits per heavy atom. The lowest BCUT2D eigenvalue weighted by molar-refractivity contribution is 0.566. The van der Waals surface area contributed by atoms with Gasteiger partial charge in [-0.25, -0.2) is 8.78 Å². The largest absolute Gasteiger partial charge is 0.323 e. The number of halogens is 2. The van der Waals surface area contributed by atoms with Gasteiger partial charge >= 0.3 is 0 Å². The van der Waals surface area contributed by atoms with Crippen LogP contribution in [0.25, 0.3) is 0 Å². The Hall–Kier alpha value is -0.260. The zero-order valence-electron chi connectivity index (χ0n) is 10.2. The van der Waals surface area contributed by atoms with E-state index < -0.39 is 11.6 Å². The SMILES string of the molecule is CCC1SCCSC1C(N)c1cc(F)cc(F)c1. The van der Waals surface area contributed by atoms with Gasteiger partial charge in [-0.3, -0.25) is 0 Å². The van der Waals surface area contributed by atoms with E-state index in [1.54, 1.807) is 0 Å². The van der Waals surface area contributed by atoms with Gasteiger partial charge in [0.25, 0.3) is 0 Å². The lowest BCUT2D eigenvalue weighted by Gasteiger charge is -2.34. The second-order valence-electron chi connectivity index (χ2n) is 4.38. The maximum absolute atomic E-state index is 13.2. The number of hydrogen-bond donors (Lipinski definition) is 1. The topological polar surface area (TPSA) is 26.0 Å². The lowest BCUT2D eigenvalue weighted by atomic mass is 10.0. The van der Waals surface area contributed by atoms with Crippen LogP contribution in [0.15, 0.2) is 18.2 Å². The van der Waals surface area contributed by atoms with Gasteiger partial charge in [0.15, 0.2) is 0 Å². The fraction of sp³-hybridized carbons (Fsp3) is 0.538. The first-order chi connectivity index (χ1) is 8.61. The summed E-state index contributed by atoms with van der Waals surface area (Å²) in [5.74, 6) is 1.07. The molecule has 2 N–H and O–H groups in total. The summed E-state index contributed by atoms with van der Waals surface area (Å²) in [6.45, 7) is 2.13. The van der Waals surface area contributed by atoms with E-state index in [9.17, 15) is 8.78 Å². The van der Waals surface area contributed by atoms with E-state index in [1.165, 1.54) is 12.1 Å². The standard InChI is InChI=1S/C13H17F2NS2/c1-2-11-13(18-4-3-17-11)12(16)8-5-9(14)7-10(15)6-8/h5-7,11-13H,2-4,16H2,1H3. The third-order valence-corrected chi connectivity index (χ3v) is 6.49. The molecule has 0 saturated carbocycles. The van der Waals surface area contributed by atoms with Crippen molar-refractivity contribution in [3.05, 3.63) is 35.4 Å². The molecule has 1 aliphatic rings. The quantitative estimate of drug-likeness (QED) is 0.921. The van der Waals surface area contributed by atoms with Gasteiger partial charge in [-0.1, -0.05) is 6.92 Å². The van der Waals surface area contributed by atoms with Gasteiger partial charge in [0, 0.05) is 34.1 Å². The molecule has 0 spiro atoms. The first-order valence-electron chi connectivity index (χ1n) is 6.06. The molecular weight excluding hydrogens is 272 g/mol. The van der Waals surface area contributed by atoms with Crippen LogP contribution in [0.4, 0.5) is 8.78 Å². The van der Waals surface area contributed by atoms with Gasteiger partial charge in [0.1, 0.15) is 11.6 Å². The molecule has 1 aliphatic heterocycles. The van der Waals surface area contributed by atoms with E-state index >= 15 is 0 Å². The molecule has 0 aromatic heterocycles. The van der Waals surface area contributed by atoms with E-state index in [1.807, 2.05) is 23.5 Å². The highest BCUT2D eigenvalue weighted by Gasteiger charge is 2.31. The number of benzene rings is 1. The fourth-order valence-corrected chi connectivity index (χ4v) is 5.41. The highest BCUT2D eigenvalue weighted by Crippen LogP contribution is 2.39. The minimum atomic E-state index is -0.554. The number of nitrogens with two attached hydrogens (primary N) is 1. The number of hydrogen-bond acceptors (Lipinski definition) is 3. The van der Waals surface area contributed by atoms with Crippen molar-refractivity contribution in [1.29, 1.82) is 0 Å². The van der Waals surface area contributed by atoms with Crippen LogP contribution in [-0.4, -0.2) is 22.0 Å². The van der Waals surface area contributed by atoms with Crippen molar-refractivity contribution in [2.75, 3.05) is 11.5 Å². The zero-order chi connectivity index (χ0) is 13.1. The Morgan fingerprint density at radius 1 is 1.22 bits per heavy atom. The molecule has 100 valence electrons. The minimum absolute atomic E-state index is 0.231. The normalized spacial score (nSPS) is 26.0. The monoisotopic (exact) mass is 289 g/mol. The van der Waals surface area contributed by atoms with Crippen LogP contribution in [0.2, 0.25) is 0 Å². The molecule has 0 bridgehead atoms. The minimum Gasteiger partial charge on any atom is -0.323 e. The first-order valence-corrected chi connectivity index (χ1v) is 8.16. The van der Waals surface area contributed by atoms with Gasteiger partial charge in [-0.2, -0.15) is 23.5 Å². The molecule has 1 fully saturated rings. The summed E-state index contributed by atoms with van der Waals surface area (Å²) in [6, 6.07) is 3.27. The second kappa shape index (κ2) is 6.26. The van der Waals surface area contributed by atoms with Crippen molar-refractivity contribution in [2.45, 2.75) is 29.9 Å². The molecule has 18 heavy (non-hydrogen) atoms. The maximum atomic E-state index is 13.2. The van der Waals surface area contributed by atoms with Crippen molar-refractivity contribution < 1.29 is 8.78 Å². The second-order valence-corrected chi connectivity index (χ2v) is 7.01. The number of thioether (sulfide) groups is 2. The summed E-state index contributed by atoms with van der Waals surface area (Å²) >= 11 is 3.73. The van der Waals surface area contributed by atoms with Crippen LogP contribution in [0.3, 0.4) is 0 Å². The van der Waals surface area contributed by atoms with Gasteiger partial charge in [0.05, 0.1) is 0 Å². The molecule has 1 nitrogen and oxygen atoms in total. The van der Waals surface area contributed by atoms with Crippen LogP contribution in [0.5, 0.6) is 0 Å². The Labute approximate surface area is 115 Å². The molecule has 2 rings (SSSR count). The smallest absolute Gasteiger partial charge is 0.126 e. The molecule has 0 amide bonds.